The molecule has 3 aliphatic heterocycles. The minimum atomic E-state index is -4.48. The largest absolute Gasteiger partial charge is 0.433 e. The molecule has 4 rings (SSSR count). The van der Waals surface area contributed by atoms with Crippen LogP contribution < -0.4 is 0 Å². The van der Waals surface area contributed by atoms with Crippen LogP contribution in [0.3, 0.4) is 0 Å². The van der Waals surface area contributed by atoms with Gasteiger partial charge in [0.05, 0.1) is 12.1 Å². The average molecular weight is 432 g/mol. The monoisotopic (exact) mass is 431 g/mol. The molecule has 0 bridgehead atoms. The van der Waals surface area contributed by atoms with E-state index in [4.69, 9.17) is 0 Å². The van der Waals surface area contributed by atoms with Gasteiger partial charge in [-0.05, 0) is 55.5 Å². The van der Waals surface area contributed by atoms with Gasteiger partial charge < -0.3 is 14.6 Å². The molecule has 3 heterocycles. The van der Waals surface area contributed by atoms with Gasteiger partial charge in [0, 0.05) is 24.8 Å². The zero-order valence-electron chi connectivity index (χ0n) is 17.6. The number of piperidine rings is 1. The van der Waals surface area contributed by atoms with E-state index in [9.17, 15) is 18.3 Å². The van der Waals surface area contributed by atoms with Gasteiger partial charge >= 0.3 is 6.18 Å². The van der Waals surface area contributed by atoms with E-state index in [2.05, 4.69) is 41.1 Å². The zero-order chi connectivity index (χ0) is 22.1. The molecule has 7 heteroatoms. The molecule has 0 saturated carbocycles. The van der Waals surface area contributed by atoms with E-state index in [1.807, 2.05) is 6.07 Å². The van der Waals surface area contributed by atoms with Gasteiger partial charge in [-0.3, -0.25) is 0 Å². The standard InChI is InChI=1S/C24H28F3N3O/c1-18(19-6-3-2-4-7-19)9-13-29-14-10-23(31,11-15-29)17-30-12-5-8-20-16-21(24(25,26)27)28-22(20)30/h2-8,12,16,18,31H,9-11,13-15,17H2,1H3. The first-order valence-electron chi connectivity index (χ1n) is 10.8. The van der Waals surface area contributed by atoms with E-state index in [-0.39, 0.29) is 12.4 Å². The molecule has 1 aromatic rings. The molecule has 0 aromatic heterocycles. The third-order valence-electron chi connectivity index (χ3n) is 6.38. The minimum absolute atomic E-state index is 0.243. The molecule has 1 aromatic carbocycles. The fourth-order valence-electron chi connectivity index (χ4n) is 4.36. The molecule has 1 N–H and O–H groups in total. The number of rotatable bonds is 6. The fourth-order valence-corrected chi connectivity index (χ4v) is 4.36. The Balaban J connectivity index is 1.35. The molecule has 0 spiro atoms. The number of hydrogen-bond donors (Lipinski definition) is 1. The summed E-state index contributed by atoms with van der Waals surface area (Å²) in [5, 5.41) is 11.1. The van der Waals surface area contributed by atoms with Gasteiger partial charge in [0.15, 0.2) is 0 Å². The summed E-state index contributed by atoms with van der Waals surface area (Å²) < 4.78 is 40.8. The van der Waals surface area contributed by atoms with Crippen LogP contribution in [0.2, 0.25) is 0 Å². The average Bonchev–Trinajstić information content (AvgIpc) is 3.20. The van der Waals surface area contributed by atoms with E-state index >= 15 is 0 Å². The van der Waals surface area contributed by atoms with Crippen LogP contribution in [0.5, 0.6) is 0 Å². The van der Waals surface area contributed by atoms with Gasteiger partial charge in [-0.1, -0.05) is 37.3 Å². The predicted molar refractivity (Wildman–Crippen MR) is 114 cm³/mol. The number of benzene rings is 1. The lowest BCUT2D eigenvalue weighted by Gasteiger charge is -2.39. The van der Waals surface area contributed by atoms with Gasteiger partial charge in [-0.25, -0.2) is 4.98 Å². The molecule has 1 atom stereocenters. The molecule has 166 valence electrons. The van der Waals surface area contributed by atoms with Crippen LogP contribution in [0, 0.1) is 0 Å². The Bertz CT molecular complexity index is 962. The first-order chi connectivity index (χ1) is 14.7. The summed E-state index contributed by atoms with van der Waals surface area (Å²) in [6.45, 7) is 4.99. The number of aliphatic hydroxyl groups is 1. The molecule has 3 aliphatic rings. The van der Waals surface area contributed by atoms with Crippen LogP contribution in [-0.4, -0.2) is 44.8 Å². The molecule has 4 nitrogen and oxygen atoms in total. The SMILES string of the molecule is CC(CCN1CCC(O)(Cn2cccc3cc(C(F)(F)F)nc2-3)CC1)c1ccccc1. The highest BCUT2D eigenvalue weighted by molar-refractivity contribution is 5.59. The van der Waals surface area contributed by atoms with Crippen molar-refractivity contribution in [3.05, 3.63) is 66.0 Å². The second kappa shape index (κ2) is 8.63. The number of likely N-dealkylation sites (tertiary alicyclic amines) is 1. The number of fused-ring (bicyclic) bond motifs is 1. The summed E-state index contributed by atoms with van der Waals surface area (Å²) >= 11 is 0. The van der Waals surface area contributed by atoms with Crippen molar-refractivity contribution in [3.8, 4) is 11.4 Å². The molecule has 0 amide bonds. The molecular weight excluding hydrogens is 403 g/mol. The predicted octanol–water partition coefficient (Wildman–Crippen LogP) is 5.03. The number of alkyl halides is 3. The van der Waals surface area contributed by atoms with E-state index in [0.717, 1.165) is 32.1 Å². The van der Waals surface area contributed by atoms with Gasteiger partial charge in [0.25, 0.3) is 0 Å². The topological polar surface area (TPSA) is 41.3 Å². The summed E-state index contributed by atoms with van der Waals surface area (Å²) in [6, 6.07) is 14.8. The van der Waals surface area contributed by atoms with Crippen LogP contribution in [0.25, 0.3) is 11.4 Å². The Morgan fingerprint density at radius 2 is 1.81 bits per heavy atom. The van der Waals surface area contributed by atoms with Crippen molar-refractivity contribution in [2.45, 2.75) is 50.4 Å². The third-order valence-corrected chi connectivity index (χ3v) is 6.38. The van der Waals surface area contributed by atoms with Crippen molar-refractivity contribution in [1.29, 1.82) is 0 Å². The van der Waals surface area contributed by atoms with Crippen molar-refractivity contribution >= 4 is 0 Å². The Kier molecular flexibility index (Phi) is 6.08. The Labute approximate surface area is 180 Å². The smallest absolute Gasteiger partial charge is 0.388 e. The minimum Gasteiger partial charge on any atom is -0.388 e. The summed E-state index contributed by atoms with van der Waals surface area (Å²) in [5.41, 5.74) is -0.0684. The van der Waals surface area contributed by atoms with Gasteiger partial charge in [0.2, 0.25) is 0 Å². The lowest BCUT2D eigenvalue weighted by Crippen LogP contribution is -2.47. The molecule has 1 saturated heterocycles. The second-order valence-electron chi connectivity index (χ2n) is 8.72. The van der Waals surface area contributed by atoms with Crippen LogP contribution in [0.15, 0.2) is 54.7 Å². The maximum atomic E-state index is 13.0. The number of nitrogens with zero attached hydrogens (tertiary/aromatic N) is 3. The number of halogens is 3. The molecule has 31 heavy (non-hydrogen) atoms. The van der Waals surface area contributed by atoms with E-state index < -0.39 is 17.5 Å². The maximum absolute atomic E-state index is 13.0. The van der Waals surface area contributed by atoms with Crippen molar-refractivity contribution in [2.24, 2.45) is 0 Å². The van der Waals surface area contributed by atoms with Gasteiger partial charge in [-0.15, -0.1) is 0 Å². The molecular formula is C24H28F3N3O. The van der Waals surface area contributed by atoms with E-state index in [1.165, 1.54) is 5.56 Å². The molecule has 1 unspecified atom stereocenters. The summed E-state index contributed by atoms with van der Waals surface area (Å²) in [6.07, 6.45) is -0.558. The van der Waals surface area contributed by atoms with Crippen molar-refractivity contribution in [2.75, 3.05) is 19.6 Å². The van der Waals surface area contributed by atoms with E-state index in [1.54, 1.807) is 22.9 Å². The fraction of sp³-hybridized carbons (Fsp3) is 0.458. The van der Waals surface area contributed by atoms with Gasteiger partial charge in [0.1, 0.15) is 11.5 Å². The van der Waals surface area contributed by atoms with Crippen LogP contribution in [-0.2, 0) is 12.7 Å². The van der Waals surface area contributed by atoms with Crippen molar-refractivity contribution < 1.29 is 18.3 Å². The highest BCUT2D eigenvalue weighted by Crippen LogP contribution is 2.35. The first kappa shape index (κ1) is 21.8. The highest BCUT2D eigenvalue weighted by Gasteiger charge is 2.37. The second-order valence-corrected chi connectivity index (χ2v) is 8.72. The van der Waals surface area contributed by atoms with Crippen LogP contribution >= 0.6 is 0 Å². The normalized spacial score (nSPS) is 18.4. The lowest BCUT2D eigenvalue weighted by molar-refractivity contribution is -0.140. The van der Waals surface area contributed by atoms with Crippen LogP contribution in [0.1, 0.15) is 43.4 Å². The quantitative estimate of drug-likeness (QED) is 0.595. The Morgan fingerprint density at radius 1 is 1.10 bits per heavy atom. The number of aromatic nitrogens is 2. The van der Waals surface area contributed by atoms with Crippen molar-refractivity contribution in [3.63, 3.8) is 0 Å². The summed E-state index contributed by atoms with van der Waals surface area (Å²) in [4.78, 5) is 6.15. The summed E-state index contributed by atoms with van der Waals surface area (Å²) in [7, 11) is 0. The maximum Gasteiger partial charge on any atom is 0.433 e. The lowest BCUT2D eigenvalue weighted by atomic mass is 9.90. The first-order valence-corrected chi connectivity index (χ1v) is 10.8. The van der Waals surface area contributed by atoms with Crippen molar-refractivity contribution in [1.82, 2.24) is 14.5 Å². The third kappa shape index (κ3) is 5.10. The molecule has 1 fully saturated rings. The zero-order valence-corrected chi connectivity index (χ0v) is 17.6. The Morgan fingerprint density at radius 3 is 2.48 bits per heavy atom. The van der Waals surface area contributed by atoms with Gasteiger partial charge in [-0.2, -0.15) is 13.2 Å². The van der Waals surface area contributed by atoms with Crippen LogP contribution in [0.4, 0.5) is 13.2 Å². The number of pyridine rings is 1. The molecule has 0 aliphatic carbocycles. The number of hydrogen-bond acceptors (Lipinski definition) is 3. The van der Waals surface area contributed by atoms with E-state index in [0.29, 0.717) is 24.3 Å². The summed E-state index contributed by atoms with van der Waals surface area (Å²) in [5.74, 6) is 0.740. The Hall–Kier alpha value is -2.38. The highest BCUT2D eigenvalue weighted by atomic mass is 19.4. The molecule has 0 radical (unpaired) electrons.